The number of hydrogen-bond acceptors (Lipinski definition) is 4. The Hall–Kier alpha value is -0.610. The molecular formula is C7H13N3O. The number of fused-ring (bicyclic) bond motifs is 1. The van der Waals surface area contributed by atoms with Gasteiger partial charge < -0.3 is 0 Å². The van der Waals surface area contributed by atoms with E-state index in [2.05, 4.69) is 16.8 Å². The smallest absolute Gasteiger partial charge is 0.167 e. The maximum Gasteiger partial charge on any atom is 0.167 e. The van der Waals surface area contributed by atoms with Gasteiger partial charge in [0.15, 0.2) is 6.73 Å². The molecule has 0 aromatic carbocycles. The lowest BCUT2D eigenvalue weighted by atomic mass is 10.3. The molecule has 2 heterocycles. The van der Waals surface area contributed by atoms with Crippen molar-refractivity contribution in [2.24, 2.45) is 4.99 Å². The van der Waals surface area contributed by atoms with E-state index in [4.69, 9.17) is 4.84 Å². The van der Waals surface area contributed by atoms with Gasteiger partial charge in [0.1, 0.15) is 5.84 Å². The SMILES string of the molecule is CCN1CCN2OCN=C2C1. The maximum atomic E-state index is 5.25. The first-order valence-electron chi connectivity index (χ1n) is 4.06. The van der Waals surface area contributed by atoms with Crippen LogP contribution in [0.2, 0.25) is 0 Å². The van der Waals surface area contributed by atoms with E-state index in [0.29, 0.717) is 6.73 Å². The second-order valence-electron chi connectivity index (χ2n) is 2.80. The lowest BCUT2D eigenvalue weighted by Crippen LogP contribution is -2.47. The fourth-order valence-electron chi connectivity index (χ4n) is 1.43. The summed E-state index contributed by atoms with van der Waals surface area (Å²) in [4.78, 5) is 11.9. The van der Waals surface area contributed by atoms with Crippen molar-refractivity contribution in [3.63, 3.8) is 0 Å². The summed E-state index contributed by atoms with van der Waals surface area (Å²) < 4.78 is 0. The predicted molar refractivity (Wildman–Crippen MR) is 42.2 cm³/mol. The molecule has 0 saturated carbocycles. The standard InChI is InChI=1S/C7H13N3O/c1-2-9-3-4-10-7(5-9)8-6-11-10/h2-6H2,1H3. The Morgan fingerprint density at radius 2 is 2.45 bits per heavy atom. The summed E-state index contributed by atoms with van der Waals surface area (Å²) >= 11 is 0. The third kappa shape index (κ3) is 1.23. The molecule has 0 spiro atoms. The van der Waals surface area contributed by atoms with Gasteiger partial charge in [0.2, 0.25) is 0 Å². The van der Waals surface area contributed by atoms with Crippen molar-refractivity contribution in [2.45, 2.75) is 6.92 Å². The molecule has 0 N–H and O–H groups in total. The monoisotopic (exact) mass is 155 g/mol. The van der Waals surface area contributed by atoms with E-state index in [-0.39, 0.29) is 0 Å². The number of hydroxylamine groups is 2. The van der Waals surface area contributed by atoms with Crippen LogP contribution in [0, 0.1) is 0 Å². The van der Waals surface area contributed by atoms with Gasteiger partial charge in [-0.1, -0.05) is 6.92 Å². The van der Waals surface area contributed by atoms with Gasteiger partial charge in [-0.25, -0.2) is 14.9 Å². The van der Waals surface area contributed by atoms with Gasteiger partial charge in [0, 0.05) is 6.54 Å². The summed E-state index contributed by atoms with van der Waals surface area (Å²) in [5.41, 5.74) is 0. The summed E-state index contributed by atoms with van der Waals surface area (Å²) in [6.45, 7) is 6.81. The minimum atomic E-state index is 0.521. The van der Waals surface area contributed by atoms with E-state index in [9.17, 15) is 0 Å². The highest BCUT2D eigenvalue weighted by atomic mass is 16.7. The van der Waals surface area contributed by atoms with E-state index in [0.717, 1.165) is 32.0 Å². The Balaban J connectivity index is 2.00. The van der Waals surface area contributed by atoms with Gasteiger partial charge in [-0.3, -0.25) is 4.90 Å². The summed E-state index contributed by atoms with van der Waals surface area (Å²) in [5.74, 6) is 1.10. The molecule has 0 aromatic rings. The van der Waals surface area contributed by atoms with Crippen molar-refractivity contribution >= 4 is 5.84 Å². The van der Waals surface area contributed by atoms with Crippen molar-refractivity contribution < 1.29 is 4.84 Å². The molecule has 0 atom stereocenters. The van der Waals surface area contributed by atoms with E-state index < -0.39 is 0 Å². The average Bonchev–Trinajstić information content (AvgIpc) is 2.50. The number of piperazine rings is 1. The Bertz CT molecular complexity index is 181. The van der Waals surface area contributed by atoms with Gasteiger partial charge in [-0.2, -0.15) is 0 Å². The predicted octanol–water partition coefficient (Wildman–Crippen LogP) is -0.0749. The van der Waals surface area contributed by atoms with E-state index in [1.54, 1.807) is 0 Å². The topological polar surface area (TPSA) is 28.1 Å². The van der Waals surface area contributed by atoms with Crippen LogP contribution in [0.25, 0.3) is 0 Å². The Morgan fingerprint density at radius 3 is 3.27 bits per heavy atom. The first kappa shape index (κ1) is 7.06. The quantitative estimate of drug-likeness (QED) is 0.530. The summed E-state index contributed by atoms with van der Waals surface area (Å²) in [6, 6.07) is 0. The van der Waals surface area contributed by atoms with Gasteiger partial charge in [-0.15, -0.1) is 0 Å². The highest BCUT2D eigenvalue weighted by Crippen LogP contribution is 2.09. The highest BCUT2D eigenvalue weighted by molar-refractivity contribution is 5.84. The molecule has 2 rings (SSSR count). The second-order valence-corrected chi connectivity index (χ2v) is 2.80. The molecule has 0 amide bonds. The Labute approximate surface area is 66.4 Å². The fraction of sp³-hybridized carbons (Fsp3) is 0.857. The lowest BCUT2D eigenvalue weighted by Gasteiger charge is -2.31. The van der Waals surface area contributed by atoms with Crippen LogP contribution in [0.5, 0.6) is 0 Å². The van der Waals surface area contributed by atoms with Crippen LogP contribution in [-0.4, -0.2) is 48.7 Å². The summed E-state index contributed by atoms with van der Waals surface area (Å²) in [6.07, 6.45) is 0. The largest absolute Gasteiger partial charge is 0.294 e. The average molecular weight is 155 g/mol. The minimum absolute atomic E-state index is 0.521. The molecule has 4 nitrogen and oxygen atoms in total. The number of likely N-dealkylation sites (N-methyl/N-ethyl adjacent to an activating group) is 1. The van der Waals surface area contributed by atoms with Crippen LogP contribution < -0.4 is 0 Å². The van der Waals surface area contributed by atoms with E-state index in [1.165, 1.54) is 0 Å². The molecular weight excluding hydrogens is 142 g/mol. The van der Waals surface area contributed by atoms with Crippen LogP contribution in [0.4, 0.5) is 0 Å². The lowest BCUT2D eigenvalue weighted by molar-refractivity contribution is -0.0882. The van der Waals surface area contributed by atoms with Crippen LogP contribution >= 0.6 is 0 Å². The molecule has 0 aromatic heterocycles. The van der Waals surface area contributed by atoms with Crippen molar-refractivity contribution in [3.05, 3.63) is 0 Å². The zero-order valence-corrected chi connectivity index (χ0v) is 6.79. The highest BCUT2D eigenvalue weighted by Gasteiger charge is 2.24. The molecule has 1 fully saturated rings. The molecule has 4 heteroatoms. The second kappa shape index (κ2) is 2.79. The van der Waals surface area contributed by atoms with Crippen LogP contribution in [0.15, 0.2) is 4.99 Å². The van der Waals surface area contributed by atoms with Crippen LogP contribution in [-0.2, 0) is 4.84 Å². The molecule has 1 saturated heterocycles. The molecule has 2 aliphatic heterocycles. The van der Waals surface area contributed by atoms with Gasteiger partial charge in [0.25, 0.3) is 0 Å². The molecule has 0 aliphatic carbocycles. The van der Waals surface area contributed by atoms with E-state index in [1.807, 2.05) is 5.06 Å². The third-order valence-electron chi connectivity index (χ3n) is 2.18. The van der Waals surface area contributed by atoms with Crippen molar-refractivity contribution in [2.75, 3.05) is 32.9 Å². The minimum Gasteiger partial charge on any atom is -0.294 e. The molecule has 0 unspecified atom stereocenters. The number of hydrogen-bond donors (Lipinski definition) is 0. The van der Waals surface area contributed by atoms with E-state index >= 15 is 0 Å². The van der Waals surface area contributed by atoms with Gasteiger partial charge in [-0.05, 0) is 6.54 Å². The number of amidine groups is 1. The molecule has 2 aliphatic rings. The van der Waals surface area contributed by atoms with Crippen LogP contribution in [0.1, 0.15) is 6.92 Å². The zero-order valence-electron chi connectivity index (χ0n) is 6.79. The van der Waals surface area contributed by atoms with Crippen molar-refractivity contribution in [1.29, 1.82) is 0 Å². The maximum absolute atomic E-state index is 5.25. The first-order valence-corrected chi connectivity index (χ1v) is 4.06. The summed E-state index contributed by atoms with van der Waals surface area (Å²) in [5, 5.41) is 1.91. The zero-order chi connectivity index (χ0) is 7.68. The third-order valence-corrected chi connectivity index (χ3v) is 2.18. The Morgan fingerprint density at radius 1 is 1.55 bits per heavy atom. The number of nitrogens with zero attached hydrogens (tertiary/aromatic N) is 3. The number of aliphatic imine (C=N–C) groups is 1. The molecule has 0 radical (unpaired) electrons. The number of rotatable bonds is 1. The van der Waals surface area contributed by atoms with Gasteiger partial charge >= 0.3 is 0 Å². The van der Waals surface area contributed by atoms with Crippen molar-refractivity contribution in [3.8, 4) is 0 Å². The van der Waals surface area contributed by atoms with Crippen molar-refractivity contribution in [1.82, 2.24) is 9.96 Å². The Kier molecular flexibility index (Phi) is 1.79. The molecule has 62 valence electrons. The normalized spacial score (nSPS) is 25.2. The first-order chi connectivity index (χ1) is 5.40. The fourth-order valence-corrected chi connectivity index (χ4v) is 1.43. The summed E-state index contributed by atoms with van der Waals surface area (Å²) in [7, 11) is 0. The van der Waals surface area contributed by atoms with Crippen LogP contribution in [0.3, 0.4) is 0 Å². The molecule has 0 bridgehead atoms. The molecule has 11 heavy (non-hydrogen) atoms. The van der Waals surface area contributed by atoms with Gasteiger partial charge in [0.05, 0.1) is 13.1 Å².